The Kier molecular flexibility index (Phi) is 7.27. The smallest absolute Gasteiger partial charge is 0.0441 e. The lowest BCUT2D eigenvalue weighted by molar-refractivity contribution is 0.293. The van der Waals surface area contributed by atoms with E-state index >= 15 is 0 Å². The molecule has 0 aliphatic heterocycles. The van der Waals surface area contributed by atoms with Crippen molar-refractivity contribution >= 4 is 23.2 Å². The standard InChI is InChI=1S/C20H32Cl2/c1-7-19(5,8-2)13-15-11-18(22)16(12-17(15)21)14-20(6,9-3)10-4/h11-12H,7-10,13-14H2,1-6H3. The summed E-state index contributed by atoms with van der Waals surface area (Å²) in [7, 11) is 0. The summed E-state index contributed by atoms with van der Waals surface area (Å²) in [6.07, 6.45) is 6.62. The van der Waals surface area contributed by atoms with Gasteiger partial charge in [-0.15, -0.1) is 0 Å². The molecule has 0 saturated heterocycles. The summed E-state index contributed by atoms with van der Waals surface area (Å²) in [6.45, 7) is 13.7. The summed E-state index contributed by atoms with van der Waals surface area (Å²) in [5, 5.41) is 1.75. The normalized spacial score (nSPS) is 12.7. The van der Waals surface area contributed by atoms with E-state index < -0.39 is 0 Å². The fourth-order valence-corrected chi connectivity index (χ4v) is 3.33. The molecule has 0 nitrogen and oxygen atoms in total. The van der Waals surface area contributed by atoms with Crippen molar-refractivity contribution in [1.82, 2.24) is 0 Å². The van der Waals surface area contributed by atoms with Crippen LogP contribution in [0.2, 0.25) is 10.0 Å². The van der Waals surface area contributed by atoms with Gasteiger partial charge in [0.15, 0.2) is 0 Å². The second kappa shape index (κ2) is 8.06. The molecule has 1 aromatic rings. The molecule has 0 unspecified atom stereocenters. The van der Waals surface area contributed by atoms with Crippen molar-refractivity contribution in [2.24, 2.45) is 10.8 Å². The second-order valence-corrected chi connectivity index (χ2v) is 8.24. The summed E-state index contributed by atoms with van der Waals surface area (Å²) >= 11 is 13.2. The Bertz CT molecular complexity index is 437. The van der Waals surface area contributed by atoms with Crippen LogP contribution in [0.1, 0.15) is 78.4 Å². The van der Waals surface area contributed by atoms with E-state index in [1.807, 2.05) is 0 Å². The van der Waals surface area contributed by atoms with Crippen molar-refractivity contribution in [2.75, 3.05) is 0 Å². The van der Waals surface area contributed by atoms with E-state index in [1.165, 1.54) is 11.1 Å². The molecule has 0 saturated carbocycles. The predicted octanol–water partition coefficient (Wildman–Crippen LogP) is 7.73. The van der Waals surface area contributed by atoms with Crippen molar-refractivity contribution in [3.05, 3.63) is 33.3 Å². The lowest BCUT2D eigenvalue weighted by Gasteiger charge is -2.29. The third-order valence-corrected chi connectivity index (χ3v) is 6.57. The first-order chi connectivity index (χ1) is 10.2. The molecule has 1 aromatic carbocycles. The maximum absolute atomic E-state index is 6.58. The van der Waals surface area contributed by atoms with Gasteiger partial charge in [0.2, 0.25) is 0 Å². The fourth-order valence-electron chi connectivity index (χ4n) is 2.82. The highest BCUT2D eigenvalue weighted by Gasteiger charge is 2.24. The van der Waals surface area contributed by atoms with Gasteiger partial charge >= 0.3 is 0 Å². The van der Waals surface area contributed by atoms with E-state index in [4.69, 9.17) is 23.2 Å². The van der Waals surface area contributed by atoms with E-state index in [9.17, 15) is 0 Å². The Balaban J connectivity index is 3.07. The molecule has 0 spiro atoms. The first kappa shape index (κ1) is 19.8. The van der Waals surface area contributed by atoms with Crippen LogP contribution in [0.25, 0.3) is 0 Å². The topological polar surface area (TPSA) is 0 Å². The van der Waals surface area contributed by atoms with Gasteiger partial charge in [0, 0.05) is 10.0 Å². The lowest BCUT2D eigenvalue weighted by atomic mass is 9.77. The first-order valence-electron chi connectivity index (χ1n) is 8.69. The summed E-state index contributed by atoms with van der Waals surface area (Å²) in [5.41, 5.74) is 2.98. The van der Waals surface area contributed by atoms with Crippen molar-refractivity contribution in [2.45, 2.75) is 80.1 Å². The highest BCUT2D eigenvalue weighted by Crippen LogP contribution is 2.38. The van der Waals surface area contributed by atoms with Gasteiger partial charge in [0.05, 0.1) is 0 Å². The van der Waals surface area contributed by atoms with Crippen LogP contribution in [-0.4, -0.2) is 0 Å². The highest BCUT2D eigenvalue weighted by molar-refractivity contribution is 6.34. The van der Waals surface area contributed by atoms with E-state index in [1.54, 1.807) is 0 Å². The maximum Gasteiger partial charge on any atom is 0.0441 e. The largest absolute Gasteiger partial charge is 0.0840 e. The Labute approximate surface area is 147 Å². The van der Waals surface area contributed by atoms with E-state index in [0.29, 0.717) is 10.8 Å². The summed E-state index contributed by atoms with van der Waals surface area (Å²) < 4.78 is 0. The molecular weight excluding hydrogens is 311 g/mol. The molecule has 0 aromatic heterocycles. The van der Waals surface area contributed by atoms with Crippen LogP contribution in [-0.2, 0) is 12.8 Å². The zero-order chi connectivity index (χ0) is 17.0. The summed E-state index contributed by atoms with van der Waals surface area (Å²) in [4.78, 5) is 0. The lowest BCUT2D eigenvalue weighted by Crippen LogP contribution is -2.19. The number of benzene rings is 1. The van der Waals surface area contributed by atoms with Crippen LogP contribution in [0, 0.1) is 10.8 Å². The third kappa shape index (κ3) is 4.90. The van der Waals surface area contributed by atoms with Crippen molar-refractivity contribution in [1.29, 1.82) is 0 Å². The third-order valence-electron chi connectivity index (χ3n) is 5.86. The van der Waals surface area contributed by atoms with Gasteiger partial charge in [-0.2, -0.15) is 0 Å². The Morgan fingerprint density at radius 2 is 0.955 bits per heavy atom. The van der Waals surface area contributed by atoms with Gasteiger partial charge in [-0.05, 0) is 46.9 Å². The molecule has 0 aliphatic carbocycles. The molecule has 0 atom stereocenters. The van der Waals surface area contributed by atoms with Crippen LogP contribution in [0.15, 0.2) is 12.1 Å². The Morgan fingerprint density at radius 1 is 0.682 bits per heavy atom. The number of hydrogen-bond donors (Lipinski definition) is 0. The van der Waals surface area contributed by atoms with Gasteiger partial charge in [-0.1, -0.05) is 90.4 Å². The molecular formula is C20H32Cl2. The molecule has 0 bridgehead atoms. The Morgan fingerprint density at radius 3 is 1.18 bits per heavy atom. The van der Waals surface area contributed by atoms with E-state index in [0.717, 1.165) is 48.6 Å². The maximum atomic E-state index is 6.58. The number of hydrogen-bond acceptors (Lipinski definition) is 0. The first-order valence-corrected chi connectivity index (χ1v) is 9.45. The Hall–Kier alpha value is -0.200. The van der Waals surface area contributed by atoms with Crippen LogP contribution >= 0.6 is 23.2 Å². The van der Waals surface area contributed by atoms with Crippen LogP contribution < -0.4 is 0 Å². The fraction of sp³-hybridized carbons (Fsp3) is 0.700. The monoisotopic (exact) mass is 342 g/mol. The predicted molar refractivity (Wildman–Crippen MR) is 101 cm³/mol. The summed E-state index contributed by atoms with van der Waals surface area (Å²) in [5.74, 6) is 0. The zero-order valence-electron chi connectivity index (χ0n) is 15.2. The van der Waals surface area contributed by atoms with Crippen LogP contribution in [0.3, 0.4) is 0 Å². The summed E-state index contributed by atoms with van der Waals surface area (Å²) in [6, 6.07) is 4.21. The van der Waals surface area contributed by atoms with Crippen molar-refractivity contribution in [3.8, 4) is 0 Å². The zero-order valence-corrected chi connectivity index (χ0v) is 16.7. The minimum absolute atomic E-state index is 0.301. The molecule has 22 heavy (non-hydrogen) atoms. The molecule has 0 heterocycles. The average Bonchev–Trinajstić information content (AvgIpc) is 2.51. The van der Waals surface area contributed by atoms with Gasteiger partial charge in [0.1, 0.15) is 0 Å². The molecule has 0 aliphatic rings. The SMILES string of the molecule is CCC(C)(CC)Cc1cc(Cl)c(CC(C)(CC)CC)cc1Cl. The van der Waals surface area contributed by atoms with Crippen molar-refractivity contribution in [3.63, 3.8) is 0 Å². The minimum atomic E-state index is 0.301. The minimum Gasteiger partial charge on any atom is -0.0840 e. The van der Waals surface area contributed by atoms with Crippen LogP contribution in [0.4, 0.5) is 0 Å². The molecule has 126 valence electrons. The van der Waals surface area contributed by atoms with E-state index in [-0.39, 0.29) is 0 Å². The molecule has 1 rings (SSSR count). The quantitative estimate of drug-likeness (QED) is 0.453. The highest BCUT2D eigenvalue weighted by atomic mass is 35.5. The van der Waals surface area contributed by atoms with Gasteiger partial charge in [-0.3, -0.25) is 0 Å². The molecule has 0 amide bonds. The molecule has 2 heteroatoms. The molecule has 0 N–H and O–H groups in total. The van der Waals surface area contributed by atoms with Gasteiger partial charge < -0.3 is 0 Å². The van der Waals surface area contributed by atoms with Crippen LogP contribution in [0.5, 0.6) is 0 Å². The average molecular weight is 343 g/mol. The van der Waals surface area contributed by atoms with Gasteiger partial charge in [-0.25, -0.2) is 0 Å². The number of halogens is 2. The molecule has 0 fully saturated rings. The van der Waals surface area contributed by atoms with Gasteiger partial charge in [0.25, 0.3) is 0 Å². The van der Waals surface area contributed by atoms with Crippen molar-refractivity contribution < 1.29 is 0 Å². The number of rotatable bonds is 8. The van der Waals surface area contributed by atoms with E-state index in [2.05, 4.69) is 53.7 Å². The second-order valence-electron chi connectivity index (χ2n) is 7.42. The molecule has 0 radical (unpaired) electrons.